The fourth-order valence-corrected chi connectivity index (χ4v) is 3.62. The maximum absolute atomic E-state index is 11.3. The maximum Gasteiger partial charge on any atom is 0.333 e. The van der Waals surface area contributed by atoms with E-state index in [1.165, 1.54) is 0 Å². The Hall–Kier alpha value is -3.72. The molecule has 0 N–H and O–H groups in total. The van der Waals surface area contributed by atoms with Crippen LogP contribution in [0.5, 0.6) is 17.2 Å². The molecular formula is C29H33NO5. The van der Waals surface area contributed by atoms with Crippen LogP contribution in [0.25, 0.3) is 11.6 Å². The first-order chi connectivity index (χ1) is 17.1. The van der Waals surface area contributed by atoms with Crippen LogP contribution < -0.4 is 14.2 Å². The molecular weight excluding hydrogens is 442 g/mol. The van der Waals surface area contributed by atoms with Crippen LogP contribution in [0.2, 0.25) is 0 Å². The zero-order valence-corrected chi connectivity index (χ0v) is 20.4. The van der Waals surface area contributed by atoms with E-state index in [9.17, 15) is 10.1 Å². The highest BCUT2D eigenvalue weighted by Crippen LogP contribution is 2.32. The van der Waals surface area contributed by atoms with Crippen molar-refractivity contribution in [1.29, 1.82) is 5.26 Å². The first-order valence-electron chi connectivity index (χ1n) is 12.1. The number of ether oxygens (including phenoxy) is 4. The molecule has 6 heteroatoms. The monoisotopic (exact) mass is 475 g/mol. The van der Waals surface area contributed by atoms with E-state index in [-0.39, 0.29) is 5.97 Å². The second-order valence-electron chi connectivity index (χ2n) is 8.48. The number of rotatable bonds is 13. The maximum atomic E-state index is 11.3. The van der Waals surface area contributed by atoms with Crippen molar-refractivity contribution >= 4 is 17.6 Å². The number of benzene rings is 2. The van der Waals surface area contributed by atoms with Crippen molar-refractivity contribution in [2.45, 2.75) is 45.4 Å². The Bertz CT molecular complexity index is 1070. The molecule has 0 aromatic heterocycles. The Morgan fingerprint density at radius 2 is 1.63 bits per heavy atom. The predicted octanol–water partition coefficient (Wildman–Crippen LogP) is 6.36. The molecule has 0 aliphatic carbocycles. The van der Waals surface area contributed by atoms with Crippen LogP contribution in [0.4, 0.5) is 0 Å². The largest absolute Gasteiger partial charge is 0.494 e. The van der Waals surface area contributed by atoms with Crippen LogP contribution in [-0.2, 0) is 9.53 Å². The lowest BCUT2D eigenvalue weighted by Gasteiger charge is -2.18. The second-order valence-corrected chi connectivity index (χ2v) is 8.48. The van der Waals surface area contributed by atoms with Gasteiger partial charge < -0.3 is 18.9 Å². The normalized spacial score (nSPS) is 12.5. The number of nitrogens with zero attached hydrogens (tertiary/aromatic N) is 1. The third-order valence-corrected chi connectivity index (χ3v) is 5.55. The van der Waals surface area contributed by atoms with E-state index in [0.29, 0.717) is 43.3 Å². The van der Waals surface area contributed by atoms with Crippen LogP contribution in [0.3, 0.4) is 0 Å². The van der Waals surface area contributed by atoms with Gasteiger partial charge in [-0.2, -0.15) is 5.26 Å². The number of carbonyl (C=O) groups excluding carboxylic acids is 1. The van der Waals surface area contributed by atoms with Gasteiger partial charge in [0, 0.05) is 5.57 Å². The molecule has 0 fully saturated rings. The topological polar surface area (TPSA) is 77.8 Å². The third kappa shape index (κ3) is 8.53. The molecule has 0 atom stereocenters. The van der Waals surface area contributed by atoms with Gasteiger partial charge in [-0.05, 0) is 73.4 Å². The van der Waals surface area contributed by atoms with Gasteiger partial charge in [0.05, 0.1) is 24.9 Å². The van der Waals surface area contributed by atoms with Gasteiger partial charge in [-0.25, -0.2) is 4.79 Å². The van der Waals surface area contributed by atoms with Crippen molar-refractivity contribution in [2.24, 2.45) is 0 Å². The molecule has 3 rings (SSSR count). The summed E-state index contributed by atoms with van der Waals surface area (Å²) in [4.78, 5) is 11.3. The summed E-state index contributed by atoms with van der Waals surface area (Å²) in [5.74, 6) is 1.92. The van der Waals surface area contributed by atoms with Crippen molar-refractivity contribution in [1.82, 2.24) is 0 Å². The van der Waals surface area contributed by atoms with Gasteiger partial charge in [0.15, 0.2) is 11.5 Å². The van der Waals surface area contributed by atoms with Crippen molar-refractivity contribution < 1.29 is 23.7 Å². The Morgan fingerprint density at radius 1 is 0.971 bits per heavy atom. The van der Waals surface area contributed by atoms with Crippen LogP contribution in [-0.4, -0.2) is 32.4 Å². The summed E-state index contributed by atoms with van der Waals surface area (Å²) in [6.45, 7) is 7.43. The van der Waals surface area contributed by atoms with Crippen LogP contribution in [0.15, 0.2) is 54.6 Å². The zero-order chi connectivity index (χ0) is 24.9. The molecule has 0 radical (unpaired) electrons. The predicted molar refractivity (Wildman–Crippen MR) is 136 cm³/mol. The number of allylic oxidation sites excluding steroid dienone is 1. The van der Waals surface area contributed by atoms with Crippen LogP contribution >= 0.6 is 0 Å². The molecule has 0 unspecified atom stereocenters. The number of unbranched alkanes of at least 4 members (excludes halogenated alkanes) is 5. The molecule has 1 heterocycles. The number of hydrogen-bond donors (Lipinski definition) is 0. The average molecular weight is 476 g/mol. The van der Waals surface area contributed by atoms with Crippen molar-refractivity contribution in [3.63, 3.8) is 0 Å². The highest BCUT2D eigenvalue weighted by molar-refractivity contribution is 5.90. The Balaban J connectivity index is 1.36. The molecule has 184 valence electrons. The molecule has 1 aliphatic heterocycles. The van der Waals surface area contributed by atoms with E-state index in [4.69, 9.17) is 18.9 Å². The number of hydrogen-bond acceptors (Lipinski definition) is 6. The zero-order valence-electron chi connectivity index (χ0n) is 20.4. The van der Waals surface area contributed by atoms with Gasteiger partial charge >= 0.3 is 5.97 Å². The Morgan fingerprint density at radius 3 is 2.31 bits per heavy atom. The third-order valence-electron chi connectivity index (χ3n) is 5.55. The standard InChI is InChI=1S/C29H33NO5/c1-22(2)29(31)35-16-8-6-4-3-5-7-15-32-26-12-10-24(11-13-26)25(21-30)19-23-9-14-27-28(20-23)34-18-17-33-27/h9-14,19-20H,1,3-8,15-18H2,2H3/b25-19+. The molecule has 0 saturated heterocycles. The van der Waals surface area contributed by atoms with E-state index in [1.54, 1.807) is 6.92 Å². The summed E-state index contributed by atoms with van der Waals surface area (Å²) >= 11 is 0. The highest BCUT2D eigenvalue weighted by Gasteiger charge is 2.11. The van der Waals surface area contributed by atoms with Gasteiger partial charge in [-0.3, -0.25) is 0 Å². The highest BCUT2D eigenvalue weighted by atomic mass is 16.6. The number of nitriles is 1. The summed E-state index contributed by atoms with van der Waals surface area (Å²) in [6.07, 6.45) is 8.11. The molecule has 2 aromatic carbocycles. The second kappa shape index (κ2) is 13.9. The van der Waals surface area contributed by atoms with Gasteiger partial charge in [0.1, 0.15) is 19.0 Å². The van der Waals surface area contributed by atoms with Gasteiger partial charge in [-0.1, -0.05) is 38.3 Å². The Kier molecular flexibility index (Phi) is 10.3. The van der Waals surface area contributed by atoms with Gasteiger partial charge in [0.2, 0.25) is 0 Å². The first kappa shape index (κ1) is 25.9. The molecule has 0 amide bonds. The quantitative estimate of drug-likeness (QED) is 0.110. The molecule has 35 heavy (non-hydrogen) atoms. The van der Waals surface area contributed by atoms with Gasteiger partial charge in [-0.15, -0.1) is 0 Å². The van der Waals surface area contributed by atoms with Crippen molar-refractivity contribution in [2.75, 3.05) is 26.4 Å². The fraction of sp³-hybridized carbons (Fsp3) is 0.379. The summed E-state index contributed by atoms with van der Waals surface area (Å²) in [7, 11) is 0. The summed E-state index contributed by atoms with van der Waals surface area (Å²) < 4.78 is 22.1. The van der Waals surface area contributed by atoms with E-state index in [1.807, 2.05) is 48.5 Å². The molecule has 0 bridgehead atoms. The van der Waals surface area contributed by atoms with E-state index >= 15 is 0 Å². The number of carbonyl (C=O) groups is 1. The van der Waals surface area contributed by atoms with Crippen molar-refractivity contribution in [3.8, 4) is 23.3 Å². The molecule has 0 spiro atoms. The van der Waals surface area contributed by atoms with Crippen LogP contribution in [0.1, 0.15) is 56.6 Å². The lowest BCUT2D eigenvalue weighted by atomic mass is 10.0. The molecule has 2 aromatic rings. The van der Waals surface area contributed by atoms with E-state index in [0.717, 1.165) is 61.2 Å². The van der Waals surface area contributed by atoms with Crippen molar-refractivity contribution in [3.05, 3.63) is 65.7 Å². The summed E-state index contributed by atoms with van der Waals surface area (Å²) in [6, 6.07) is 15.6. The fourth-order valence-electron chi connectivity index (χ4n) is 3.62. The Labute approximate surface area is 207 Å². The molecule has 0 saturated carbocycles. The summed E-state index contributed by atoms with van der Waals surface area (Å²) in [5, 5.41) is 9.66. The summed E-state index contributed by atoms with van der Waals surface area (Å²) in [5.41, 5.74) is 2.74. The lowest BCUT2D eigenvalue weighted by molar-refractivity contribution is -0.139. The average Bonchev–Trinajstić information content (AvgIpc) is 2.88. The number of fused-ring (bicyclic) bond motifs is 1. The van der Waals surface area contributed by atoms with E-state index in [2.05, 4.69) is 12.6 Å². The van der Waals surface area contributed by atoms with Gasteiger partial charge in [0.25, 0.3) is 0 Å². The van der Waals surface area contributed by atoms with Crippen LogP contribution in [0, 0.1) is 11.3 Å². The number of esters is 1. The minimum absolute atomic E-state index is 0.310. The first-order valence-corrected chi connectivity index (χ1v) is 12.1. The lowest BCUT2D eigenvalue weighted by Crippen LogP contribution is -2.15. The smallest absolute Gasteiger partial charge is 0.333 e. The minimum Gasteiger partial charge on any atom is -0.494 e. The SMILES string of the molecule is C=C(C)C(=O)OCCCCCCCCOc1ccc(/C(C#N)=C/c2ccc3c(c2)OCCO3)cc1. The molecule has 6 nitrogen and oxygen atoms in total. The minimum atomic E-state index is -0.310. The van der Waals surface area contributed by atoms with E-state index < -0.39 is 0 Å². The molecule has 1 aliphatic rings.